The van der Waals surface area contributed by atoms with E-state index in [1.807, 2.05) is 36.4 Å². The summed E-state index contributed by atoms with van der Waals surface area (Å²) in [7, 11) is 0. The van der Waals surface area contributed by atoms with Crippen LogP contribution in [0.2, 0.25) is 0 Å². The van der Waals surface area contributed by atoms with Gasteiger partial charge in [0, 0.05) is 11.5 Å². The summed E-state index contributed by atoms with van der Waals surface area (Å²) in [4.78, 5) is 1.02. The minimum Gasteiger partial charge on any atom is -0.396 e. The first-order chi connectivity index (χ1) is 8.61. The fourth-order valence-corrected chi connectivity index (χ4v) is 1.58. The predicted molar refractivity (Wildman–Crippen MR) is 80.4 cm³/mol. The van der Waals surface area contributed by atoms with E-state index in [-0.39, 0.29) is 6.61 Å². The second-order valence-corrected chi connectivity index (χ2v) is 4.81. The number of aliphatic hydroxyl groups is 1. The summed E-state index contributed by atoms with van der Waals surface area (Å²) in [5.74, 6) is 0. The molecule has 0 atom stereocenters. The van der Waals surface area contributed by atoms with Crippen molar-refractivity contribution in [3.8, 4) is 0 Å². The van der Waals surface area contributed by atoms with Gasteiger partial charge >= 0.3 is 0 Å². The third-order valence-electron chi connectivity index (χ3n) is 2.56. The van der Waals surface area contributed by atoms with Crippen molar-refractivity contribution >= 4 is 12.6 Å². The molecule has 0 fully saturated rings. The molecular formula is C16H20OS. The summed E-state index contributed by atoms with van der Waals surface area (Å²) in [5.41, 5.74) is 3.75. The van der Waals surface area contributed by atoms with Gasteiger partial charge in [-0.3, -0.25) is 0 Å². The van der Waals surface area contributed by atoms with Gasteiger partial charge in [-0.1, -0.05) is 47.5 Å². The predicted octanol–water partition coefficient (Wildman–Crippen LogP) is 3.81. The quantitative estimate of drug-likeness (QED) is 0.787. The summed E-state index contributed by atoms with van der Waals surface area (Å²) in [6.07, 6.45) is 0.764. The Labute approximate surface area is 115 Å². The molecule has 2 aromatic carbocycles. The van der Waals surface area contributed by atoms with Crippen LogP contribution in [0.1, 0.15) is 16.7 Å². The van der Waals surface area contributed by atoms with Crippen LogP contribution in [-0.2, 0) is 6.42 Å². The zero-order chi connectivity index (χ0) is 13.4. The summed E-state index contributed by atoms with van der Waals surface area (Å²) >= 11 is 4.13. The molecule has 0 spiro atoms. The van der Waals surface area contributed by atoms with Crippen molar-refractivity contribution in [3.05, 3.63) is 65.2 Å². The summed E-state index contributed by atoms with van der Waals surface area (Å²) in [6.45, 7) is 4.36. The highest BCUT2D eigenvalue weighted by molar-refractivity contribution is 7.80. The van der Waals surface area contributed by atoms with Crippen LogP contribution in [0.15, 0.2) is 53.4 Å². The molecule has 0 radical (unpaired) electrons. The van der Waals surface area contributed by atoms with Gasteiger partial charge < -0.3 is 5.11 Å². The SMILES string of the molecule is Cc1ccc(CCO)cc1.Cc1ccc(S)cc1. The van der Waals surface area contributed by atoms with E-state index in [9.17, 15) is 0 Å². The van der Waals surface area contributed by atoms with Crippen LogP contribution < -0.4 is 0 Å². The molecule has 18 heavy (non-hydrogen) atoms. The molecule has 2 aromatic rings. The Hall–Kier alpha value is -1.25. The maximum atomic E-state index is 8.59. The monoisotopic (exact) mass is 260 g/mol. The minimum atomic E-state index is 0.239. The average Bonchev–Trinajstić information content (AvgIpc) is 2.37. The lowest BCUT2D eigenvalue weighted by Gasteiger charge is -1.96. The Morgan fingerprint density at radius 1 is 0.833 bits per heavy atom. The highest BCUT2D eigenvalue weighted by Gasteiger charge is 1.88. The van der Waals surface area contributed by atoms with Gasteiger partial charge in [0.25, 0.3) is 0 Å². The minimum absolute atomic E-state index is 0.239. The van der Waals surface area contributed by atoms with Gasteiger partial charge in [-0.2, -0.15) is 0 Å². The van der Waals surface area contributed by atoms with E-state index in [1.54, 1.807) is 0 Å². The number of benzene rings is 2. The van der Waals surface area contributed by atoms with Crippen molar-refractivity contribution < 1.29 is 5.11 Å². The second-order valence-electron chi connectivity index (χ2n) is 4.29. The number of rotatable bonds is 2. The summed E-state index contributed by atoms with van der Waals surface area (Å²) in [5, 5.41) is 8.59. The maximum absolute atomic E-state index is 8.59. The van der Waals surface area contributed by atoms with Crippen molar-refractivity contribution in [1.82, 2.24) is 0 Å². The molecular weight excluding hydrogens is 240 g/mol. The molecule has 0 aliphatic heterocycles. The van der Waals surface area contributed by atoms with Gasteiger partial charge in [0.15, 0.2) is 0 Å². The Morgan fingerprint density at radius 2 is 1.28 bits per heavy atom. The maximum Gasteiger partial charge on any atom is 0.0471 e. The van der Waals surface area contributed by atoms with Crippen LogP contribution in [0.3, 0.4) is 0 Å². The fraction of sp³-hybridized carbons (Fsp3) is 0.250. The molecule has 0 saturated heterocycles. The lowest BCUT2D eigenvalue weighted by Crippen LogP contribution is -1.89. The topological polar surface area (TPSA) is 20.2 Å². The Kier molecular flexibility index (Phi) is 6.55. The van der Waals surface area contributed by atoms with Crippen LogP contribution >= 0.6 is 12.6 Å². The molecule has 2 heteroatoms. The largest absolute Gasteiger partial charge is 0.396 e. The van der Waals surface area contributed by atoms with Gasteiger partial charge in [0.05, 0.1) is 0 Å². The number of aliphatic hydroxyl groups excluding tert-OH is 1. The third kappa shape index (κ3) is 5.89. The summed E-state index contributed by atoms with van der Waals surface area (Å²) < 4.78 is 0. The molecule has 1 nitrogen and oxygen atoms in total. The first-order valence-corrected chi connectivity index (χ1v) is 6.48. The number of hydrogen-bond acceptors (Lipinski definition) is 2. The molecule has 0 aromatic heterocycles. The van der Waals surface area contributed by atoms with Crippen LogP contribution in [0.25, 0.3) is 0 Å². The molecule has 0 saturated carbocycles. The number of hydrogen-bond donors (Lipinski definition) is 2. The summed E-state index contributed by atoms with van der Waals surface area (Å²) in [6, 6.07) is 16.3. The van der Waals surface area contributed by atoms with Crippen molar-refractivity contribution in [2.75, 3.05) is 6.61 Å². The van der Waals surface area contributed by atoms with Crippen molar-refractivity contribution in [1.29, 1.82) is 0 Å². The Morgan fingerprint density at radius 3 is 1.67 bits per heavy atom. The Balaban J connectivity index is 0.000000184. The van der Waals surface area contributed by atoms with Crippen molar-refractivity contribution in [2.45, 2.75) is 25.2 Å². The standard InChI is InChI=1S/C9H12O.C7H8S/c1-8-2-4-9(5-3-8)6-7-10;1-6-2-4-7(8)5-3-6/h2-5,10H,6-7H2,1H3;2-5,8H,1H3. The van der Waals surface area contributed by atoms with Gasteiger partial charge in [-0.05, 0) is 38.0 Å². The third-order valence-corrected chi connectivity index (χ3v) is 2.85. The van der Waals surface area contributed by atoms with Crippen LogP contribution in [0, 0.1) is 13.8 Å². The molecule has 0 aliphatic rings. The van der Waals surface area contributed by atoms with E-state index in [0.29, 0.717) is 0 Å². The smallest absolute Gasteiger partial charge is 0.0471 e. The fourth-order valence-electron chi connectivity index (χ4n) is 1.43. The first kappa shape index (κ1) is 14.8. The molecule has 0 aliphatic carbocycles. The molecule has 1 N–H and O–H groups in total. The van der Waals surface area contributed by atoms with Crippen LogP contribution in [-0.4, -0.2) is 11.7 Å². The van der Waals surface area contributed by atoms with Crippen molar-refractivity contribution in [3.63, 3.8) is 0 Å². The van der Waals surface area contributed by atoms with E-state index >= 15 is 0 Å². The molecule has 96 valence electrons. The highest BCUT2D eigenvalue weighted by Crippen LogP contribution is 2.05. The molecule has 0 unspecified atom stereocenters. The van der Waals surface area contributed by atoms with E-state index in [2.05, 4.69) is 38.6 Å². The molecule has 0 bridgehead atoms. The zero-order valence-corrected chi connectivity index (χ0v) is 11.8. The normalized spacial score (nSPS) is 9.56. The van der Waals surface area contributed by atoms with E-state index in [1.165, 1.54) is 16.7 Å². The number of thiol groups is 1. The van der Waals surface area contributed by atoms with Crippen LogP contribution in [0.4, 0.5) is 0 Å². The van der Waals surface area contributed by atoms with E-state index < -0.39 is 0 Å². The molecule has 0 amide bonds. The molecule has 2 rings (SSSR count). The van der Waals surface area contributed by atoms with Gasteiger partial charge in [0.2, 0.25) is 0 Å². The lowest BCUT2D eigenvalue weighted by molar-refractivity contribution is 0.299. The second kappa shape index (κ2) is 7.96. The van der Waals surface area contributed by atoms with Gasteiger partial charge in [0.1, 0.15) is 0 Å². The van der Waals surface area contributed by atoms with E-state index in [4.69, 9.17) is 5.11 Å². The molecule has 0 heterocycles. The lowest BCUT2D eigenvalue weighted by atomic mass is 10.1. The zero-order valence-electron chi connectivity index (χ0n) is 10.9. The highest BCUT2D eigenvalue weighted by atomic mass is 32.1. The van der Waals surface area contributed by atoms with Gasteiger partial charge in [-0.25, -0.2) is 0 Å². The van der Waals surface area contributed by atoms with Gasteiger partial charge in [-0.15, -0.1) is 12.6 Å². The Bertz CT molecular complexity index is 425. The van der Waals surface area contributed by atoms with Crippen molar-refractivity contribution in [2.24, 2.45) is 0 Å². The first-order valence-electron chi connectivity index (χ1n) is 6.04. The average molecular weight is 260 g/mol. The number of aryl methyl sites for hydroxylation is 2. The van der Waals surface area contributed by atoms with Crippen LogP contribution in [0.5, 0.6) is 0 Å². The van der Waals surface area contributed by atoms with E-state index in [0.717, 1.165) is 11.3 Å².